The SMILES string of the molecule is CNC(=O)CN(C)C(=O)CNC(=O)CCC(=O)I. The average Bonchev–Trinajstić information content (AvgIpc) is 2.32. The van der Waals surface area contributed by atoms with E-state index >= 15 is 0 Å². The molecule has 0 saturated heterocycles. The van der Waals surface area contributed by atoms with Crippen molar-refractivity contribution in [3.05, 3.63) is 0 Å². The zero-order valence-corrected chi connectivity index (χ0v) is 12.4. The summed E-state index contributed by atoms with van der Waals surface area (Å²) in [5.41, 5.74) is 0. The minimum absolute atomic E-state index is 0.0581. The van der Waals surface area contributed by atoms with Crippen LogP contribution >= 0.6 is 22.6 Å². The van der Waals surface area contributed by atoms with Crippen LogP contribution in [-0.2, 0) is 19.2 Å². The summed E-state index contributed by atoms with van der Waals surface area (Å²) >= 11 is 1.61. The number of amides is 3. The maximum Gasteiger partial charge on any atom is 0.242 e. The third-order valence-electron chi connectivity index (χ3n) is 2.07. The maximum absolute atomic E-state index is 11.5. The molecule has 0 saturated carbocycles. The highest BCUT2D eigenvalue weighted by molar-refractivity contribution is 14.1. The van der Waals surface area contributed by atoms with E-state index in [9.17, 15) is 19.2 Å². The molecule has 0 bridgehead atoms. The van der Waals surface area contributed by atoms with Gasteiger partial charge in [-0.25, -0.2) is 0 Å². The highest BCUT2D eigenvalue weighted by Gasteiger charge is 2.13. The third-order valence-corrected chi connectivity index (χ3v) is 2.61. The van der Waals surface area contributed by atoms with Gasteiger partial charge < -0.3 is 15.5 Å². The number of nitrogens with zero attached hydrogens (tertiary/aromatic N) is 1. The molecule has 102 valence electrons. The van der Waals surface area contributed by atoms with Crippen molar-refractivity contribution in [2.45, 2.75) is 12.8 Å². The monoisotopic (exact) mass is 369 g/mol. The molecule has 0 unspecified atom stereocenters. The first-order chi connectivity index (χ1) is 8.36. The number of carbonyl (C=O) groups is 4. The minimum atomic E-state index is -0.368. The summed E-state index contributed by atoms with van der Waals surface area (Å²) in [7, 11) is 2.95. The van der Waals surface area contributed by atoms with E-state index in [1.807, 2.05) is 0 Å². The van der Waals surface area contributed by atoms with Gasteiger partial charge in [0.15, 0.2) is 3.79 Å². The van der Waals surface area contributed by atoms with Crippen LogP contribution in [0.15, 0.2) is 0 Å². The first kappa shape index (κ1) is 16.8. The molecule has 0 aromatic carbocycles. The molecule has 18 heavy (non-hydrogen) atoms. The lowest BCUT2D eigenvalue weighted by Gasteiger charge is -2.16. The predicted octanol–water partition coefficient (Wildman–Crippen LogP) is -0.951. The fraction of sp³-hybridized carbons (Fsp3) is 0.600. The molecule has 7 nitrogen and oxygen atoms in total. The van der Waals surface area contributed by atoms with Gasteiger partial charge in [0, 0.05) is 26.9 Å². The quantitative estimate of drug-likeness (QED) is 0.447. The lowest BCUT2D eigenvalue weighted by Crippen LogP contribution is -2.42. The van der Waals surface area contributed by atoms with Crippen molar-refractivity contribution >= 4 is 44.1 Å². The standard InChI is InChI=1S/C10H16IN3O4/c1-12-9(17)6-14(2)10(18)5-13-8(16)4-3-7(11)15/h3-6H2,1-2H3,(H,12,17)(H,13,16). The Hall–Kier alpha value is -1.19. The van der Waals surface area contributed by atoms with Crippen LogP contribution in [0.2, 0.25) is 0 Å². The number of carbonyl (C=O) groups excluding carboxylic acids is 4. The van der Waals surface area contributed by atoms with Crippen LogP contribution < -0.4 is 10.6 Å². The molecule has 0 atom stereocenters. The van der Waals surface area contributed by atoms with Gasteiger partial charge in [-0.15, -0.1) is 0 Å². The van der Waals surface area contributed by atoms with Crippen molar-refractivity contribution in [3.8, 4) is 0 Å². The van der Waals surface area contributed by atoms with Gasteiger partial charge in [-0.3, -0.25) is 19.2 Å². The summed E-state index contributed by atoms with van der Waals surface area (Å²) in [4.78, 5) is 45.6. The molecule has 0 heterocycles. The van der Waals surface area contributed by atoms with E-state index in [1.165, 1.54) is 19.0 Å². The van der Waals surface area contributed by atoms with Crippen molar-refractivity contribution in [3.63, 3.8) is 0 Å². The van der Waals surface area contributed by atoms with Gasteiger partial charge in [0.2, 0.25) is 17.7 Å². The van der Waals surface area contributed by atoms with Crippen molar-refractivity contribution in [2.24, 2.45) is 0 Å². The summed E-state index contributed by atoms with van der Waals surface area (Å²) < 4.78 is -0.106. The normalized spacial score (nSPS) is 9.50. The first-order valence-corrected chi connectivity index (χ1v) is 6.34. The van der Waals surface area contributed by atoms with Crippen LogP contribution in [0.1, 0.15) is 12.8 Å². The summed E-state index contributed by atoms with van der Waals surface area (Å²) in [5.74, 6) is -1.01. The summed E-state index contributed by atoms with van der Waals surface area (Å²) in [5, 5.41) is 4.78. The van der Waals surface area contributed by atoms with Gasteiger partial charge in [-0.1, -0.05) is 0 Å². The van der Waals surface area contributed by atoms with Crippen molar-refractivity contribution in [2.75, 3.05) is 27.2 Å². The maximum atomic E-state index is 11.5. The van der Waals surface area contributed by atoms with Gasteiger partial charge in [0.1, 0.15) is 0 Å². The zero-order valence-electron chi connectivity index (χ0n) is 10.3. The Kier molecular flexibility index (Phi) is 8.25. The molecule has 2 N–H and O–H groups in total. The van der Waals surface area contributed by atoms with Crippen LogP contribution in [-0.4, -0.2) is 53.6 Å². The van der Waals surface area contributed by atoms with Crippen LogP contribution in [0.3, 0.4) is 0 Å². The van der Waals surface area contributed by atoms with Crippen LogP contribution in [0.5, 0.6) is 0 Å². The lowest BCUT2D eigenvalue weighted by atomic mass is 10.3. The third kappa shape index (κ3) is 7.98. The smallest absolute Gasteiger partial charge is 0.242 e. The Morgan fingerprint density at radius 1 is 1.11 bits per heavy atom. The van der Waals surface area contributed by atoms with Crippen molar-refractivity contribution in [1.82, 2.24) is 15.5 Å². The summed E-state index contributed by atoms with van der Waals surface area (Å²) in [6.07, 6.45) is 0.211. The van der Waals surface area contributed by atoms with Gasteiger partial charge in [0.05, 0.1) is 13.1 Å². The fourth-order valence-corrected chi connectivity index (χ4v) is 1.26. The Morgan fingerprint density at radius 2 is 1.72 bits per heavy atom. The highest BCUT2D eigenvalue weighted by atomic mass is 127. The molecule has 0 radical (unpaired) electrons. The van der Waals surface area contributed by atoms with Crippen molar-refractivity contribution in [1.29, 1.82) is 0 Å². The van der Waals surface area contributed by atoms with Gasteiger partial charge >= 0.3 is 0 Å². The molecule has 8 heteroatoms. The number of rotatable bonds is 7. The van der Waals surface area contributed by atoms with E-state index in [2.05, 4.69) is 10.6 Å². The zero-order chi connectivity index (χ0) is 14.1. The summed E-state index contributed by atoms with van der Waals surface area (Å²) in [6.45, 7) is -0.237. The van der Waals surface area contributed by atoms with Gasteiger partial charge in [-0.05, 0) is 22.6 Å². The number of hydrogen-bond donors (Lipinski definition) is 2. The van der Waals surface area contributed by atoms with Crippen LogP contribution in [0.25, 0.3) is 0 Å². The van der Waals surface area contributed by atoms with E-state index in [0.717, 1.165) is 0 Å². The fourth-order valence-electron chi connectivity index (χ4n) is 0.992. The van der Waals surface area contributed by atoms with Gasteiger partial charge in [-0.2, -0.15) is 0 Å². The summed E-state index contributed by atoms with van der Waals surface area (Å²) in [6, 6.07) is 0. The second-order valence-electron chi connectivity index (χ2n) is 3.55. The largest absolute Gasteiger partial charge is 0.358 e. The van der Waals surface area contributed by atoms with Gasteiger partial charge in [0.25, 0.3) is 0 Å². The molecule has 0 fully saturated rings. The molecule has 0 aliphatic carbocycles. The van der Waals surface area contributed by atoms with Crippen LogP contribution in [0.4, 0.5) is 0 Å². The van der Waals surface area contributed by atoms with E-state index in [4.69, 9.17) is 0 Å². The Bertz CT molecular complexity index is 346. The van der Waals surface area contributed by atoms with E-state index < -0.39 is 0 Å². The Balaban J connectivity index is 3.91. The Labute approximate surface area is 119 Å². The molecule has 0 aliphatic rings. The first-order valence-electron chi connectivity index (χ1n) is 5.26. The van der Waals surface area contributed by atoms with E-state index in [0.29, 0.717) is 0 Å². The van der Waals surface area contributed by atoms with Crippen molar-refractivity contribution < 1.29 is 19.2 Å². The van der Waals surface area contributed by atoms with E-state index in [1.54, 1.807) is 22.6 Å². The lowest BCUT2D eigenvalue weighted by molar-refractivity contribution is -0.135. The number of likely N-dealkylation sites (N-methyl/N-ethyl adjacent to an activating group) is 2. The molecular weight excluding hydrogens is 353 g/mol. The molecule has 0 spiro atoms. The predicted molar refractivity (Wildman–Crippen MR) is 73.0 cm³/mol. The number of nitrogens with one attached hydrogen (secondary N) is 2. The molecule has 0 aromatic heterocycles. The second kappa shape index (κ2) is 8.84. The minimum Gasteiger partial charge on any atom is -0.358 e. The topological polar surface area (TPSA) is 95.6 Å². The number of hydrogen-bond acceptors (Lipinski definition) is 4. The molecule has 0 rings (SSSR count). The second-order valence-corrected chi connectivity index (χ2v) is 4.76. The Morgan fingerprint density at radius 3 is 2.22 bits per heavy atom. The molecule has 0 aromatic rings. The molecule has 0 aliphatic heterocycles. The number of halogens is 1. The highest BCUT2D eigenvalue weighted by Crippen LogP contribution is 1.97. The van der Waals surface area contributed by atoms with E-state index in [-0.39, 0.29) is 47.4 Å². The van der Waals surface area contributed by atoms with Crippen LogP contribution in [0, 0.1) is 0 Å². The molecule has 3 amide bonds. The average molecular weight is 369 g/mol. The molecular formula is C10H16IN3O4.